The van der Waals surface area contributed by atoms with Crippen LogP contribution in [-0.4, -0.2) is 12.1 Å². The van der Waals surface area contributed by atoms with Crippen LogP contribution in [0.15, 0.2) is 18.2 Å². The minimum atomic E-state index is 0.506. The second-order valence-corrected chi connectivity index (χ2v) is 8.17. The molecule has 0 amide bonds. The molecule has 0 unspecified atom stereocenters. The molecule has 5 heteroatoms. The number of pyridine rings is 1. The maximum absolute atomic E-state index is 9.41. The number of hydrogen-bond donors (Lipinski definition) is 1. The van der Waals surface area contributed by atoms with E-state index < -0.39 is 0 Å². The van der Waals surface area contributed by atoms with Crippen molar-refractivity contribution in [1.29, 1.82) is 5.26 Å². The Morgan fingerprint density at radius 3 is 2.85 bits per heavy atom. The van der Waals surface area contributed by atoms with Gasteiger partial charge in [-0.25, -0.2) is 4.98 Å². The molecule has 1 aromatic carbocycles. The van der Waals surface area contributed by atoms with Crippen molar-refractivity contribution < 1.29 is 4.74 Å². The van der Waals surface area contributed by atoms with Gasteiger partial charge >= 0.3 is 0 Å². The number of nitriles is 1. The molecule has 0 spiro atoms. The smallest absolute Gasteiger partial charge is 0.130 e. The van der Waals surface area contributed by atoms with E-state index in [1.807, 2.05) is 6.07 Å². The number of hydrogen-bond acceptors (Lipinski definition) is 5. The maximum Gasteiger partial charge on any atom is 0.130 e. The summed E-state index contributed by atoms with van der Waals surface area (Å²) in [6.45, 7) is 4.43. The molecule has 0 fully saturated rings. The first-order valence-electron chi connectivity index (χ1n) is 8.84. The number of nitrogen functional groups attached to an aromatic ring is 1. The Balaban J connectivity index is 2.03. The van der Waals surface area contributed by atoms with E-state index in [-0.39, 0.29) is 0 Å². The summed E-state index contributed by atoms with van der Waals surface area (Å²) in [6.07, 6.45) is 2.85. The van der Waals surface area contributed by atoms with Crippen LogP contribution < -0.4 is 10.5 Å². The zero-order valence-electron chi connectivity index (χ0n) is 15.2. The third-order valence-corrected chi connectivity index (χ3v) is 6.02. The molecule has 0 saturated carbocycles. The summed E-state index contributed by atoms with van der Waals surface area (Å²) < 4.78 is 5.38. The number of anilines is 1. The molecule has 26 heavy (non-hydrogen) atoms. The standard InChI is InChI=1S/C21H21N3OS/c1-11(2)8-16-15-6-4-12-9-13(25-3)5-7-14(12)20(15)24-21-18(16)19(23)17(10-22)26-21/h5,7,9,11H,4,6,8,23H2,1-3H3. The van der Waals surface area contributed by atoms with E-state index >= 15 is 0 Å². The van der Waals surface area contributed by atoms with Crippen molar-refractivity contribution in [3.05, 3.63) is 39.8 Å². The summed E-state index contributed by atoms with van der Waals surface area (Å²) in [5, 5.41) is 10.4. The first kappa shape index (κ1) is 16.9. The molecule has 0 bridgehead atoms. The van der Waals surface area contributed by atoms with Gasteiger partial charge in [0.25, 0.3) is 0 Å². The Labute approximate surface area is 157 Å². The lowest BCUT2D eigenvalue weighted by atomic mass is 9.83. The highest BCUT2D eigenvalue weighted by Crippen LogP contribution is 2.43. The Morgan fingerprint density at radius 2 is 2.15 bits per heavy atom. The molecule has 0 aliphatic heterocycles. The molecule has 0 atom stereocenters. The van der Waals surface area contributed by atoms with Crippen LogP contribution in [0.3, 0.4) is 0 Å². The predicted molar refractivity (Wildman–Crippen MR) is 107 cm³/mol. The Hall–Kier alpha value is -2.58. The summed E-state index contributed by atoms with van der Waals surface area (Å²) >= 11 is 1.40. The number of nitrogens with two attached hydrogens (primary N) is 1. The highest BCUT2D eigenvalue weighted by atomic mass is 32.1. The second-order valence-electron chi connectivity index (χ2n) is 7.18. The number of aromatic nitrogens is 1. The first-order valence-corrected chi connectivity index (χ1v) is 9.66. The van der Waals surface area contributed by atoms with Crippen LogP contribution in [0, 0.1) is 17.2 Å². The lowest BCUT2D eigenvalue weighted by Crippen LogP contribution is -2.11. The Kier molecular flexibility index (Phi) is 4.08. The minimum absolute atomic E-state index is 0.506. The van der Waals surface area contributed by atoms with Crippen molar-refractivity contribution in [2.45, 2.75) is 33.1 Å². The van der Waals surface area contributed by atoms with E-state index in [0.29, 0.717) is 16.5 Å². The van der Waals surface area contributed by atoms with Crippen molar-refractivity contribution in [3.63, 3.8) is 0 Å². The lowest BCUT2D eigenvalue weighted by molar-refractivity contribution is 0.414. The van der Waals surface area contributed by atoms with Gasteiger partial charge in [-0.3, -0.25) is 0 Å². The maximum atomic E-state index is 9.41. The summed E-state index contributed by atoms with van der Waals surface area (Å²) in [7, 11) is 1.69. The topological polar surface area (TPSA) is 71.9 Å². The fourth-order valence-electron chi connectivity index (χ4n) is 3.87. The number of aryl methyl sites for hydroxylation is 1. The molecule has 132 valence electrons. The number of methoxy groups -OCH3 is 1. The molecule has 2 N–H and O–H groups in total. The van der Waals surface area contributed by atoms with Gasteiger partial charge in [0.2, 0.25) is 0 Å². The van der Waals surface area contributed by atoms with E-state index in [4.69, 9.17) is 15.5 Å². The van der Waals surface area contributed by atoms with E-state index in [9.17, 15) is 5.26 Å². The average Bonchev–Trinajstić information content (AvgIpc) is 2.96. The largest absolute Gasteiger partial charge is 0.497 e. The van der Waals surface area contributed by atoms with Gasteiger partial charge in [0, 0.05) is 10.9 Å². The molecule has 4 rings (SSSR count). The normalized spacial score (nSPS) is 12.7. The number of rotatable bonds is 3. The fraction of sp³-hybridized carbons (Fsp3) is 0.333. The van der Waals surface area contributed by atoms with Crippen LogP contribution in [-0.2, 0) is 19.3 Å². The first-order chi connectivity index (χ1) is 12.5. The third kappa shape index (κ3) is 2.53. The van der Waals surface area contributed by atoms with Crippen molar-refractivity contribution in [2.24, 2.45) is 5.92 Å². The second kappa shape index (κ2) is 6.30. The number of nitrogens with zero attached hydrogens (tertiary/aromatic N) is 2. The molecular weight excluding hydrogens is 342 g/mol. The van der Waals surface area contributed by atoms with Crippen LogP contribution in [0.25, 0.3) is 21.5 Å². The summed E-state index contributed by atoms with van der Waals surface area (Å²) in [4.78, 5) is 6.39. The van der Waals surface area contributed by atoms with Crippen LogP contribution in [0.5, 0.6) is 5.75 Å². The monoisotopic (exact) mass is 363 g/mol. The van der Waals surface area contributed by atoms with Gasteiger partial charge in [0.15, 0.2) is 0 Å². The van der Waals surface area contributed by atoms with E-state index in [2.05, 4.69) is 32.0 Å². The molecule has 1 aliphatic carbocycles. The molecular formula is C21H21N3OS. The summed E-state index contributed by atoms with van der Waals surface area (Å²) in [5.74, 6) is 1.38. The van der Waals surface area contributed by atoms with E-state index in [1.165, 1.54) is 33.6 Å². The van der Waals surface area contributed by atoms with Gasteiger partial charge in [-0.1, -0.05) is 13.8 Å². The number of ether oxygens (including phenoxy) is 1. The van der Waals surface area contributed by atoms with Crippen LogP contribution >= 0.6 is 11.3 Å². The quantitative estimate of drug-likeness (QED) is 0.730. The average molecular weight is 363 g/mol. The van der Waals surface area contributed by atoms with Gasteiger partial charge in [-0.2, -0.15) is 5.26 Å². The van der Waals surface area contributed by atoms with Gasteiger partial charge in [0.1, 0.15) is 21.5 Å². The molecule has 1 aliphatic rings. The van der Waals surface area contributed by atoms with Crippen LogP contribution in [0.2, 0.25) is 0 Å². The summed E-state index contributed by atoms with van der Waals surface area (Å²) in [6, 6.07) is 8.43. The summed E-state index contributed by atoms with van der Waals surface area (Å²) in [5.41, 5.74) is 13.0. The number of thiophene rings is 1. The van der Waals surface area contributed by atoms with Gasteiger partial charge < -0.3 is 10.5 Å². The molecule has 3 aromatic rings. The van der Waals surface area contributed by atoms with Crippen molar-refractivity contribution in [1.82, 2.24) is 4.98 Å². The van der Waals surface area contributed by atoms with E-state index in [1.54, 1.807) is 7.11 Å². The zero-order chi connectivity index (χ0) is 18.4. The molecule has 0 saturated heterocycles. The minimum Gasteiger partial charge on any atom is -0.497 e. The van der Waals surface area contributed by atoms with Gasteiger partial charge in [-0.05, 0) is 60.1 Å². The van der Waals surface area contributed by atoms with Gasteiger partial charge in [-0.15, -0.1) is 11.3 Å². The van der Waals surface area contributed by atoms with Gasteiger partial charge in [0.05, 0.1) is 18.5 Å². The molecule has 2 heterocycles. The van der Waals surface area contributed by atoms with Crippen LogP contribution in [0.1, 0.15) is 35.4 Å². The van der Waals surface area contributed by atoms with Crippen LogP contribution in [0.4, 0.5) is 5.69 Å². The number of benzene rings is 1. The van der Waals surface area contributed by atoms with E-state index in [0.717, 1.165) is 40.9 Å². The third-order valence-electron chi connectivity index (χ3n) is 5.02. The Bertz CT molecular complexity index is 1060. The van der Waals surface area contributed by atoms with Crippen molar-refractivity contribution in [3.8, 4) is 23.1 Å². The zero-order valence-corrected chi connectivity index (χ0v) is 16.0. The Morgan fingerprint density at radius 1 is 1.35 bits per heavy atom. The molecule has 2 aromatic heterocycles. The SMILES string of the molecule is COc1ccc2c(c1)CCc1c-2nc2sc(C#N)c(N)c2c1CC(C)C. The molecule has 0 radical (unpaired) electrons. The van der Waals surface area contributed by atoms with Crippen molar-refractivity contribution in [2.75, 3.05) is 12.8 Å². The number of fused-ring (bicyclic) bond motifs is 4. The molecule has 4 nitrogen and oxygen atoms in total. The fourth-order valence-corrected chi connectivity index (χ4v) is 4.79. The van der Waals surface area contributed by atoms with Crippen molar-refractivity contribution >= 4 is 27.2 Å². The highest BCUT2D eigenvalue weighted by Gasteiger charge is 2.26. The predicted octanol–water partition coefficient (Wildman–Crippen LogP) is 4.72. The lowest BCUT2D eigenvalue weighted by Gasteiger charge is -2.23. The highest BCUT2D eigenvalue weighted by molar-refractivity contribution is 7.19.